The number of hydrogen-bond donors (Lipinski definition) is 2. The largest absolute Gasteiger partial charge is 0.355 e. The van der Waals surface area contributed by atoms with E-state index in [9.17, 15) is 4.79 Å². The van der Waals surface area contributed by atoms with E-state index in [2.05, 4.69) is 5.32 Å². The Hall–Kier alpha value is -1.06. The molecule has 0 aliphatic heterocycles. The Morgan fingerprint density at radius 1 is 1.44 bits per heavy atom. The summed E-state index contributed by atoms with van der Waals surface area (Å²) in [5, 5.41) is 3.57. The number of nitrogens with two attached hydrogens (primary N) is 1. The predicted molar refractivity (Wildman–Crippen MR) is 66.4 cm³/mol. The molecule has 0 radical (unpaired) electrons. The van der Waals surface area contributed by atoms with Gasteiger partial charge in [0.2, 0.25) is 5.91 Å². The molecule has 0 heterocycles. The van der Waals surface area contributed by atoms with Crippen molar-refractivity contribution in [3.63, 3.8) is 0 Å². The Bertz CT molecular complexity index is 337. The van der Waals surface area contributed by atoms with Crippen molar-refractivity contribution in [2.24, 2.45) is 11.7 Å². The summed E-state index contributed by atoms with van der Waals surface area (Å²) in [6, 6.07) is 7.62. The summed E-state index contributed by atoms with van der Waals surface area (Å²) < 4.78 is 0. The maximum Gasteiger partial charge on any atom is 0.224 e. The first-order chi connectivity index (χ1) is 7.63. The third kappa shape index (κ3) is 4.21. The molecule has 1 atom stereocenters. The van der Waals surface area contributed by atoms with Crippen molar-refractivity contribution in [3.05, 3.63) is 34.9 Å². The summed E-state index contributed by atoms with van der Waals surface area (Å²) >= 11 is 5.77. The number of carbonyl (C=O) groups is 1. The molecule has 1 aromatic rings. The maximum absolute atomic E-state index is 11.4. The van der Waals surface area contributed by atoms with Gasteiger partial charge in [-0.15, -0.1) is 0 Å². The van der Waals surface area contributed by atoms with Gasteiger partial charge in [0.1, 0.15) is 0 Å². The van der Waals surface area contributed by atoms with E-state index in [4.69, 9.17) is 17.3 Å². The SMILES string of the molecule is CC(CN)C(=O)NCCc1ccc(Cl)cc1. The zero-order chi connectivity index (χ0) is 12.0. The molecule has 4 heteroatoms. The fourth-order valence-corrected chi connectivity index (χ4v) is 1.39. The zero-order valence-corrected chi connectivity index (χ0v) is 10.1. The monoisotopic (exact) mass is 240 g/mol. The Morgan fingerprint density at radius 3 is 2.62 bits per heavy atom. The molecule has 0 bridgehead atoms. The average molecular weight is 241 g/mol. The van der Waals surface area contributed by atoms with Crippen LogP contribution >= 0.6 is 11.6 Å². The van der Waals surface area contributed by atoms with E-state index < -0.39 is 0 Å². The molecular formula is C12H17ClN2O. The molecule has 0 aromatic heterocycles. The maximum atomic E-state index is 11.4. The molecule has 0 fully saturated rings. The lowest BCUT2D eigenvalue weighted by atomic mass is 10.1. The Morgan fingerprint density at radius 2 is 2.06 bits per heavy atom. The molecule has 0 aliphatic rings. The highest BCUT2D eigenvalue weighted by atomic mass is 35.5. The third-order valence-corrected chi connectivity index (χ3v) is 2.68. The molecule has 3 N–H and O–H groups in total. The Kier molecular flexibility index (Phi) is 5.29. The van der Waals surface area contributed by atoms with Gasteiger partial charge in [-0.3, -0.25) is 4.79 Å². The van der Waals surface area contributed by atoms with Crippen LogP contribution in [0.5, 0.6) is 0 Å². The molecule has 3 nitrogen and oxygen atoms in total. The number of halogens is 1. The lowest BCUT2D eigenvalue weighted by molar-refractivity contribution is -0.124. The van der Waals surface area contributed by atoms with Crippen LogP contribution in [0.2, 0.25) is 5.02 Å². The normalized spacial score (nSPS) is 12.2. The third-order valence-electron chi connectivity index (χ3n) is 2.43. The van der Waals surface area contributed by atoms with Gasteiger partial charge >= 0.3 is 0 Å². The van der Waals surface area contributed by atoms with Crippen LogP contribution in [0.25, 0.3) is 0 Å². The van der Waals surface area contributed by atoms with Crippen LogP contribution in [0.1, 0.15) is 12.5 Å². The van der Waals surface area contributed by atoms with E-state index in [1.54, 1.807) is 0 Å². The average Bonchev–Trinajstić information content (AvgIpc) is 2.30. The molecule has 0 spiro atoms. The minimum absolute atomic E-state index is 0.0106. The van der Waals surface area contributed by atoms with Gasteiger partial charge in [0.05, 0.1) is 0 Å². The molecule has 0 saturated carbocycles. The molecule has 0 aliphatic carbocycles. The highest BCUT2D eigenvalue weighted by Gasteiger charge is 2.09. The summed E-state index contributed by atoms with van der Waals surface area (Å²) in [6.07, 6.45) is 0.806. The van der Waals surface area contributed by atoms with E-state index in [1.165, 1.54) is 0 Å². The Balaban J connectivity index is 2.30. The van der Waals surface area contributed by atoms with E-state index in [1.807, 2.05) is 31.2 Å². The number of nitrogens with one attached hydrogen (secondary N) is 1. The van der Waals surface area contributed by atoms with Crippen molar-refractivity contribution in [3.8, 4) is 0 Å². The molecule has 0 saturated heterocycles. The van der Waals surface area contributed by atoms with Gasteiger partial charge in [-0.2, -0.15) is 0 Å². The van der Waals surface area contributed by atoms with Crippen molar-refractivity contribution in [2.75, 3.05) is 13.1 Å². The molecule has 1 aromatic carbocycles. The van der Waals surface area contributed by atoms with Gasteiger partial charge in [-0.25, -0.2) is 0 Å². The highest BCUT2D eigenvalue weighted by Crippen LogP contribution is 2.09. The van der Waals surface area contributed by atoms with Gasteiger partial charge in [-0.05, 0) is 24.1 Å². The van der Waals surface area contributed by atoms with Crippen molar-refractivity contribution >= 4 is 17.5 Å². The quantitative estimate of drug-likeness (QED) is 0.821. The van der Waals surface area contributed by atoms with Gasteiger partial charge in [0.15, 0.2) is 0 Å². The molecule has 88 valence electrons. The minimum Gasteiger partial charge on any atom is -0.355 e. The summed E-state index contributed by atoms with van der Waals surface area (Å²) in [4.78, 5) is 11.4. The van der Waals surface area contributed by atoms with Crippen molar-refractivity contribution in [1.82, 2.24) is 5.32 Å². The van der Waals surface area contributed by atoms with E-state index in [0.717, 1.165) is 17.0 Å². The number of carbonyl (C=O) groups excluding carboxylic acids is 1. The lowest BCUT2D eigenvalue weighted by Gasteiger charge is -2.09. The topological polar surface area (TPSA) is 55.1 Å². The lowest BCUT2D eigenvalue weighted by Crippen LogP contribution is -2.34. The van der Waals surface area contributed by atoms with Crippen LogP contribution in [-0.2, 0) is 11.2 Å². The number of benzene rings is 1. The summed E-state index contributed by atoms with van der Waals surface area (Å²) in [5.41, 5.74) is 6.55. The summed E-state index contributed by atoms with van der Waals surface area (Å²) in [6.45, 7) is 2.83. The minimum atomic E-state index is -0.120. The smallest absolute Gasteiger partial charge is 0.224 e. The number of hydrogen-bond acceptors (Lipinski definition) is 2. The van der Waals surface area contributed by atoms with Crippen molar-refractivity contribution in [2.45, 2.75) is 13.3 Å². The molecule has 1 rings (SSSR count). The second-order valence-electron chi connectivity index (χ2n) is 3.80. The summed E-state index contributed by atoms with van der Waals surface area (Å²) in [7, 11) is 0. The Labute approximate surface area is 101 Å². The van der Waals surface area contributed by atoms with Gasteiger partial charge in [0, 0.05) is 24.0 Å². The van der Waals surface area contributed by atoms with Crippen LogP contribution in [0.15, 0.2) is 24.3 Å². The van der Waals surface area contributed by atoms with Crippen molar-refractivity contribution in [1.29, 1.82) is 0 Å². The second kappa shape index (κ2) is 6.51. The standard InChI is InChI=1S/C12H17ClN2O/c1-9(8-14)12(16)15-7-6-10-2-4-11(13)5-3-10/h2-5,9H,6-8,14H2,1H3,(H,15,16). The first kappa shape index (κ1) is 13.0. The van der Waals surface area contributed by atoms with Crippen LogP contribution in [0.4, 0.5) is 0 Å². The highest BCUT2D eigenvalue weighted by molar-refractivity contribution is 6.30. The van der Waals surface area contributed by atoms with Gasteiger partial charge in [0.25, 0.3) is 0 Å². The van der Waals surface area contributed by atoms with Crippen LogP contribution in [0.3, 0.4) is 0 Å². The van der Waals surface area contributed by atoms with Crippen molar-refractivity contribution < 1.29 is 4.79 Å². The fraction of sp³-hybridized carbons (Fsp3) is 0.417. The molecule has 1 amide bonds. The first-order valence-corrected chi connectivity index (χ1v) is 5.73. The van der Waals surface area contributed by atoms with Gasteiger partial charge in [-0.1, -0.05) is 30.7 Å². The first-order valence-electron chi connectivity index (χ1n) is 5.35. The predicted octanol–water partition coefficient (Wildman–Crippen LogP) is 1.59. The van der Waals surface area contributed by atoms with Crippen LogP contribution in [-0.4, -0.2) is 19.0 Å². The zero-order valence-electron chi connectivity index (χ0n) is 9.37. The molecular weight excluding hydrogens is 224 g/mol. The van der Waals surface area contributed by atoms with Crippen LogP contribution < -0.4 is 11.1 Å². The van der Waals surface area contributed by atoms with E-state index in [0.29, 0.717) is 13.1 Å². The number of amides is 1. The van der Waals surface area contributed by atoms with E-state index in [-0.39, 0.29) is 11.8 Å². The molecule has 16 heavy (non-hydrogen) atoms. The fourth-order valence-electron chi connectivity index (χ4n) is 1.26. The van der Waals surface area contributed by atoms with Crippen LogP contribution in [0, 0.1) is 5.92 Å². The summed E-state index contributed by atoms with van der Waals surface area (Å²) in [5.74, 6) is -0.110. The van der Waals surface area contributed by atoms with Gasteiger partial charge < -0.3 is 11.1 Å². The number of rotatable bonds is 5. The van der Waals surface area contributed by atoms with E-state index >= 15 is 0 Å². The molecule has 1 unspecified atom stereocenters. The second-order valence-corrected chi connectivity index (χ2v) is 4.24.